The molecule has 0 spiro atoms. The molecule has 36 heavy (non-hydrogen) atoms. The topological polar surface area (TPSA) is 66.2 Å². The van der Waals surface area contributed by atoms with E-state index < -0.39 is 0 Å². The molecule has 194 valence electrons. The Kier molecular flexibility index (Phi) is 12.2. The van der Waals surface area contributed by atoms with Crippen LogP contribution < -0.4 is 4.74 Å². The number of hydrogen-bond donors (Lipinski definition) is 0. The lowest BCUT2D eigenvalue weighted by Gasteiger charge is -2.08. The van der Waals surface area contributed by atoms with E-state index in [0.717, 1.165) is 39.3 Å². The van der Waals surface area contributed by atoms with Crippen LogP contribution >= 0.6 is 22.6 Å². The third-order valence-electron chi connectivity index (χ3n) is 6.28. The number of hydrogen-bond acceptors (Lipinski definition) is 5. The largest absolute Gasteiger partial charge is 0.494 e. The Hall–Kier alpha value is -2.42. The minimum absolute atomic E-state index is 0.351. The molecule has 0 saturated carbocycles. The molecule has 0 bridgehead atoms. The van der Waals surface area contributed by atoms with Crippen molar-refractivity contribution in [1.29, 1.82) is 0 Å². The molecule has 0 aliphatic rings. The summed E-state index contributed by atoms with van der Waals surface area (Å²) >= 11 is 2.27. The third kappa shape index (κ3) is 8.91. The van der Waals surface area contributed by atoms with Gasteiger partial charge in [0.05, 0.1) is 25.8 Å². The van der Waals surface area contributed by atoms with Crippen LogP contribution in [-0.4, -0.2) is 34.7 Å². The summed E-state index contributed by atoms with van der Waals surface area (Å²) in [5.41, 5.74) is 3.35. The Labute approximate surface area is 228 Å². The Morgan fingerprint density at radius 2 is 1.47 bits per heavy atom. The van der Waals surface area contributed by atoms with Gasteiger partial charge in [0.1, 0.15) is 15.1 Å². The fraction of sp³-hybridized carbons (Fsp3) is 0.483. The smallest absolute Gasteiger partial charge is 0.337 e. The van der Waals surface area contributed by atoms with Crippen molar-refractivity contribution in [3.63, 3.8) is 0 Å². The van der Waals surface area contributed by atoms with Gasteiger partial charge in [-0.3, -0.25) is 0 Å². The average Bonchev–Trinajstić information content (AvgIpc) is 3.27. The molecule has 0 N–H and O–H groups in total. The molecule has 7 heteroatoms. The van der Waals surface area contributed by atoms with E-state index in [2.05, 4.69) is 52.0 Å². The number of nitrogens with zero attached hydrogens (tertiary/aromatic N) is 3. The molecule has 0 fully saturated rings. The first kappa shape index (κ1) is 28.2. The van der Waals surface area contributed by atoms with Crippen molar-refractivity contribution in [2.24, 2.45) is 0 Å². The van der Waals surface area contributed by atoms with Crippen molar-refractivity contribution in [1.82, 2.24) is 15.0 Å². The van der Waals surface area contributed by atoms with Crippen molar-refractivity contribution in [2.75, 3.05) is 13.7 Å². The second-order valence-corrected chi connectivity index (χ2v) is 10.2. The van der Waals surface area contributed by atoms with Crippen LogP contribution in [0.3, 0.4) is 0 Å². The fourth-order valence-corrected chi connectivity index (χ4v) is 4.79. The molecule has 1 heterocycles. The summed E-state index contributed by atoms with van der Waals surface area (Å²) in [7, 11) is 1.38. The number of carbonyl (C=O) groups excluding carboxylic acids is 1. The number of aromatic nitrogens is 3. The maximum Gasteiger partial charge on any atom is 0.337 e. The highest BCUT2D eigenvalue weighted by Crippen LogP contribution is 2.24. The minimum atomic E-state index is -0.351. The molecule has 0 aliphatic heterocycles. The lowest BCUT2D eigenvalue weighted by atomic mass is 10.1. The van der Waals surface area contributed by atoms with Crippen molar-refractivity contribution < 1.29 is 14.3 Å². The highest BCUT2D eigenvalue weighted by molar-refractivity contribution is 14.1. The van der Waals surface area contributed by atoms with E-state index in [1.807, 2.05) is 28.9 Å². The normalized spacial score (nSPS) is 11.0. The molecule has 2 aromatic carbocycles. The lowest BCUT2D eigenvalue weighted by molar-refractivity contribution is 0.0600. The predicted molar refractivity (Wildman–Crippen MR) is 152 cm³/mol. The highest BCUT2D eigenvalue weighted by Gasteiger charge is 2.14. The van der Waals surface area contributed by atoms with Crippen molar-refractivity contribution in [3.8, 4) is 17.0 Å². The second kappa shape index (κ2) is 15.6. The Bertz CT molecular complexity index is 1050. The second-order valence-electron chi connectivity index (χ2n) is 9.13. The molecule has 3 rings (SSSR count). The molecular weight excluding hydrogens is 565 g/mol. The van der Waals surface area contributed by atoms with E-state index in [4.69, 9.17) is 9.47 Å². The Balaban J connectivity index is 1.39. The van der Waals surface area contributed by atoms with Crippen LogP contribution in [0.4, 0.5) is 0 Å². The maximum atomic E-state index is 11.7. The van der Waals surface area contributed by atoms with E-state index in [0.29, 0.717) is 12.1 Å². The first-order chi connectivity index (χ1) is 17.6. The molecule has 0 unspecified atom stereocenters. The Morgan fingerprint density at radius 1 is 0.861 bits per heavy atom. The van der Waals surface area contributed by atoms with Gasteiger partial charge in [0, 0.05) is 5.56 Å². The lowest BCUT2D eigenvalue weighted by Crippen LogP contribution is -2.04. The van der Waals surface area contributed by atoms with Crippen LogP contribution in [0.15, 0.2) is 48.5 Å². The zero-order valence-electron chi connectivity index (χ0n) is 21.5. The number of rotatable bonds is 16. The molecule has 0 aliphatic carbocycles. The van der Waals surface area contributed by atoms with Crippen LogP contribution in [0.5, 0.6) is 5.75 Å². The van der Waals surface area contributed by atoms with Crippen LogP contribution in [0.2, 0.25) is 0 Å². The van der Waals surface area contributed by atoms with Gasteiger partial charge in [-0.15, -0.1) is 5.10 Å². The van der Waals surface area contributed by atoms with Gasteiger partial charge in [0.2, 0.25) is 0 Å². The molecule has 0 saturated heterocycles. The van der Waals surface area contributed by atoms with E-state index in [9.17, 15) is 4.79 Å². The predicted octanol–water partition coefficient (Wildman–Crippen LogP) is 7.68. The number of halogens is 1. The third-order valence-corrected chi connectivity index (χ3v) is 7.34. The van der Waals surface area contributed by atoms with E-state index in [1.54, 1.807) is 12.1 Å². The van der Waals surface area contributed by atoms with Gasteiger partial charge < -0.3 is 9.47 Å². The van der Waals surface area contributed by atoms with E-state index >= 15 is 0 Å². The first-order valence-corrected chi connectivity index (χ1v) is 14.2. The summed E-state index contributed by atoms with van der Waals surface area (Å²) < 4.78 is 13.5. The fourth-order valence-electron chi connectivity index (χ4n) is 4.10. The molecule has 0 radical (unpaired) electrons. The molecule has 0 atom stereocenters. The van der Waals surface area contributed by atoms with Gasteiger partial charge in [0.15, 0.2) is 0 Å². The van der Waals surface area contributed by atoms with E-state index in [-0.39, 0.29) is 5.97 Å². The van der Waals surface area contributed by atoms with Crippen molar-refractivity contribution in [3.05, 3.63) is 63.4 Å². The van der Waals surface area contributed by atoms with Gasteiger partial charge in [-0.2, -0.15) is 0 Å². The number of esters is 1. The molecule has 1 aromatic heterocycles. The van der Waals surface area contributed by atoms with Crippen LogP contribution in [0.25, 0.3) is 11.3 Å². The van der Waals surface area contributed by atoms with E-state index in [1.165, 1.54) is 64.9 Å². The zero-order valence-corrected chi connectivity index (χ0v) is 23.7. The van der Waals surface area contributed by atoms with Gasteiger partial charge in [-0.25, -0.2) is 9.48 Å². The molecule has 0 amide bonds. The average molecular weight is 604 g/mol. The number of carbonyl (C=O) groups is 1. The summed E-state index contributed by atoms with van der Waals surface area (Å²) in [5.74, 6) is 0.560. The first-order valence-electron chi connectivity index (χ1n) is 13.1. The van der Waals surface area contributed by atoms with Crippen LogP contribution in [-0.2, 0) is 11.3 Å². The Morgan fingerprint density at radius 3 is 2.08 bits per heavy atom. The molecule has 3 aromatic rings. The van der Waals surface area contributed by atoms with Gasteiger partial charge in [-0.1, -0.05) is 94.2 Å². The zero-order chi connectivity index (χ0) is 25.6. The van der Waals surface area contributed by atoms with Gasteiger partial charge in [-0.05, 0) is 58.8 Å². The van der Waals surface area contributed by atoms with Crippen molar-refractivity contribution >= 4 is 28.6 Å². The summed E-state index contributed by atoms with van der Waals surface area (Å²) in [4.78, 5) is 11.7. The minimum Gasteiger partial charge on any atom is -0.494 e. The number of unbranched alkanes of at least 4 members (excludes halogenated alkanes) is 9. The van der Waals surface area contributed by atoms with Crippen LogP contribution in [0, 0.1) is 3.70 Å². The summed E-state index contributed by atoms with van der Waals surface area (Å²) in [6.45, 7) is 3.67. The summed E-state index contributed by atoms with van der Waals surface area (Å²) in [6, 6.07) is 15.4. The molecule has 6 nitrogen and oxygen atoms in total. The number of benzene rings is 2. The highest BCUT2D eigenvalue weighted by atomic mass is 127. The maximum absolute atomic E-state index is 11.7. The summed E-state index contributed by atoms with van der Waals surface area (Å²) in [5, 5.41) is 8.68. The monoisotopic (exact) mass is 603 g/mol. The van der Waals surface area contributed by atoms with Gasteiger partial charge >= 0.3 is 5.97 Å². The quantitative estimate of drug-likeness (QED) is 0.0955. The standard InChI is InChI=1S/C29H38IN3O3/c1-3-4-5-6-7-8-9-10-11-12-21-36-26-19-13-23(14-20-26)22-33-28(30)27(31-32-33)24-15-17-25(18-16-24)29(34)35-2/h13-20H,3-12,21-22H2,1-2H3. The molecular formula is C29H38IN3O3. The number of methoxy groups -OCH3 is 1. The van der Waals surface area contributed by atoms with Crippen LogP contribution in [0.1, 0.15) is 87.1 Å². The van der Waals surface area contributed by atoms with Gasteiger partial charge in [0.25, 0.3) is 0 Å². The number of ether oxygens (including phenoxy) is 2. The van der Waals surface area contributed by atoms with Crippen molar-refractivity contribution in [2.45, 2.75) is 77.7 Å². The SMILES string of the molecule is CCCCCCCCCCCCOc1ccc(Cn2nnc(-c3ccc(C(=O)OC)cc3)c2I)cc1. The summed E-state index contributed by atoms with van der Waals surface area (Å²) in [6.07, 6.45) is 13.3.